The minimum absolute atomic E-state index is 0.0144. The maximum Gasteiger partial charge on any atom is 0.239 e. The zero-order valence-corrected chi connectivity index (χ0v) is 7.38. The SMILES string of the molecule is CCNC(=O)[CH]N1CCOCC1. The van der Waals surface area contributed by atoms with Crippen molar-refractivity contribution in [3.8, 4) is 0 Å². The molecule has 1 fully saturated rings. The minimum atomic E-state index is -0.0144. The van der Waals surface area contributed by atoms with Crippen LogP contribution in [-0.2, 0) is 9.53 Å². The van der Waals surface area contributed by atoms with Crippen molar-refractivity contribution < 1.29 is 9.53 Å². The molecule has 0 spiro atoms. The fourth-order valence-electron chi connectivity index (χ4n) is 1.09. The van der Waals surface area contributed by atoms with Gasteiger partial charge in [0.1, 0.15) is 6.54 Å². The van der Waals surface area contributed by atoms with Crippen molar-refractivity contribution in [2.75, 3.05) is 32.8 Å². The summed E-state index contributed by atoms with van der Waals surface area (Å²) in [5.41, 5.74) is 0. The van der Waals surface area contributed by atoms with E-state index >= 15 is 0 Å². The third kappa shape index (κ3) is 3.19. The molecular weight excluding hydrogens is 156 g/mol. The van der Waals surface area contributed by atoms with Crippen LogP contribution in [0.2, 0.25) is 0 Å². The van der Waals surface area contributed by atoms with Gasteiger partial charge in [-0.25, -0.2) is 0 Å². The van der Waals surface area contributed by atoms with E-state index in [0.29, 0.717) is 6.54 Å². The van der Waals surface area contributed by atoms with E-state index in [4.69, 9.17) is 4.74 Å². The van der Waals surface area contributed by atoms with Gasteiger partial charge in [-0.1, -0.05) is 0 Å². The Kier molecular flexibility index (Phi) is 4.04. The van der Waals surface area contributed by atoms with Gasteiger partial charge in [0.15, 0.2) is 0 Å². The number of carbonyl (C=O) groups excluding carboxylic acids is 1. The van der Waals surface area contributed by atoms with Crippen LogP contribution in [0.1, 0.15) is 6.92 Å². The lowest BCUT2D eigenvalue weighted by Gasteiger charge is -2.25. The molecule has 0 aromatic carbocycles. The lowest BCUT2D eigenvalue weighted by atomic mass is 10.4. The topological polar surface area (TPSA) is 41.6 Å². The Hall–Kier alpha value is -0.610. The second kappa shape index (κ2) is 5.11. The lowest BCUT2D eigenvalue weighted by Crippen LogP contribution is -2.39. The average molecular weight is 171 g/mol. The molecule has 1 aliphatic rings. The first-order valence-electron chi connectivity index (χ1n) is 4.27. The zero-order valence-electron chi connectivity index (χ0n) is 7.38. The summed E-state index contributed by atoms with van der Waals surface area (Å²) in [4.78, 5) is 13.0. The second-order valence-corrected chi connectivity index (χ2v) is 2.67. The van der Waals surface area contributed by atoms with E-state index in [9.17, 15) is 4.79 Å². The van der Waals surface area contributed by atoms with Crippen LogP contribution < -0.4 is 5.32 Å². The molecule has 1 radical (unpaired) electrons. The van der Waals surface area contributed by atoms with Crippen LogP contribution in [0.4, 0.5) is 0 Å². The maximum atomic E-state index is 11.1. The van der Waals surface area contributed by atoms with Crippen molar-refractivity contribution in [1.29, 1.82) is 0 Å². The second-order valence-electron chi connectivity index (χ2n) is 2.67. The Morgan fingerprint density at radius 3 is 2.83 bits per heavy atom. The van der Waals surface area contributed by atoms with Crippen molar-refractivity contribution in [3.05, 3.63) is 6.54 Å². The molecule has 1 aliphatic heterocycles. The first kappa shape index (κ1) is 9.48. The van der Waals surface area contributed by atoms with E-state index in [2.05, 4.69) is 5.32 Å². The van der Waals surface area contributed by atoms with E-state index < -0.39 is 0 Å². The van der Waals surface area contributed by atoms with Crippen molar-refractivity contribution in [1.82, 2.24) is 10.2 Å². The smallest absolute Gasteiger partial charge is 0.239 e. The van der Waals surface area contributed by atoms with Gasteiger partial charge >= 0.3 is 0 Å². The fraction of sp³-hybridized carbons (Fsp3) is 0.750. The molecule has 1 rings (SSSR count). The van der Waals surface area contributed by atoms with Gasteiger partial charge in [0, 0.05) is 19.6 Å². The van der Waals surface area contributed by atoms with Crippen molar-refractivity contribution in [2.45, 2.75) is 6.92 Å². The summed E-state index contributed by atoms with van der Waals surface area (Å²) in [6.45, 7) is 7.27. The van der Waals surface area contributed by atoms with Crippen LogP contribution in [0, 0.1) is 6.54 Å². The van der Waals surface area contributed by atoms with Gasteiger partial charge in [-0.2, -0.15) is 0 Å². The number of likely N-dealkylation sites (N-methyl/N-ethyl adjacent to an activating group) is 1. The van der Waals surface area contributed by atoms with Crippen LogP contribution in [-0.4, -0.2) is 43.7 Å². The van der Waals surface area contributed by atoms with Crippen molar-refractivity contribution in [3.63, 3.8) is 0 Å². The first-order valence-corrected chi connectivity index (χ1v) is 4.27. The number of ether oxygens (including phenoxy) is 1. The molecule has 0 bridgehead atoms. The number of rotatable bonds is 3. The summed E-state index contributed by atoms with van der Waals surface area (Å²) in [6.07, 6.45) is 0. The molecule has 1 N–H and O–H groups in total. The molecular formula is C8H15N2O2. The van der Waals surface area contributed by atoms with Crippen LogP contribution in [0.25, 0.3) is 0 Å². The van der Waals surface area contributed by atoms with Crippen molar-refractivity contribution >= 4 is 5.91 Å². The number of nitrogens with one attached hydrogen (secondary N) is 1. The number of carbonyl (C=O) groups is 1. The summed E-state index contributed by atoms with van der Waals surface area (Å²) >= 11 is 0. The van der Waals surface area contributed by atoms with Gasteiger partial charge in [-0.3, -0.25) is 9.69 Å². The highest BCUT2D eigenvalue weighted by Crippen LogP contribution is 1.98. The van der Waals surface area contributed by atoms with Gasteiger partial charge in [-0.15, -0.1) is 0 Å². The highest BCUT2D eigenvalue weighted by Gasteiger charge is 2.13. The Morgan fingerprint density at radius 2 is 2.25 bits per heavy atom. The highest BCUT2D eigenvalue weighted by atomic mass is 16.5. The molecule has 0 atom stereocenters. The van der Waals surface area contributed by atoms with Crippen molar-refractivity contribution in [2.24, 2.45) is 0 Å². The van der Waals surface area contributed by atoms with Crippen LogP contribution >= 0.6 is 0 Å². The Labute approximate surface area is 72.9 Å². The molecule has 4 nitrogen and oxygen atoms in total. The predicted octanol–water partition coefficient (Wildman–Crippen LogP) is -0.384. The maximum absolute atomic E-state index is 11.1. The molecule has 69 valence electrons. The Bertz CT molecular complexity index is 144. The molecule has 4 heteroatoms. The molecule has 1 amide bonds. The summed E-state index contributed by atoms with van der Waals surface area (Å²) in [6, 6.07) is 0. The molecule has 0 aromatic heterocycles. The molecule has 0 unspecified atom stereocenters. The molecule has 1 saturated heterocycles. The van der Waals surface area contributed by atoms with Gasteiger partial charge in [0.25, 0.3) is 0 Å². The average Bonchev–Trinajstić information content (AvgIpc) is 2.06. The first-order chi connectivity index (χ1) is 5.83. The predicted molar refractivity (Wildman–Crippen MR) is 45.4 cm³/mol. The van der Waals surface area contributed by atoms with E-state index in [0.717, 1.165) is 26.3 Å². The van der Waals surface area contributed by atoms with Gasteiger partial charge in [0.05, 0.1) is 13.2 Å². The highest BCUT2D eigenvalue weighted by molar-refractivity contribution is 5.84. The molecule has 0 saturated carbocycles. The van der Waals surface area contributed by atoms with Gasteiger partial charge in [0.2, 0.25) is 5.91 Å². The number of morpholine rings is 1. The van der Waals surface area contributed by atoms with Gasteiger partial charge < -0.3 is 10.1 Å². The van der Waals surface area contributed by atoms with E-state index in [1.54, 1.807) is 6.54 Å². The largest absolute Gasteiger partial charge is 0.379 e. The number of hydrogen-bond acceptors (Lipinski definition) is 3. The molecule has 0 aromatic rings. The molecule has 0 aliphatic carbocycles. The van der Waals surface area contributed by atoms with Crippen LogP contribution in [0.15, 0.2) is 0 Å². The number of amides is 1. The zero-order chi connectivity index (χ0) is 8.81. The monoisotopic (exact) mass is 171 g/mol. The van der Waals surface area contributed by atoms with E-state index in [1.165, 1.54) is 0 Å². The van der Waals surface area contributed by atoms with E-state index in [1.807, 2.05) is 11.8 Å². The van der Waals surface area contributed by atoms with Crippen LogP contribution in [0.3, 0.4) is 0 Å². The third-order valence-electron chi connectivity index (χ3n) is 1.70. The number of nitrogens with zero attached hydrogens (tertiary/aromatic N) is 1. The summed E-state index contributed by atoms with van der Waals surface area (Å²) < 4.78 is 5.15. The fourth-order valence-corrected chi connectivity index (χ4v) is 1.09. The molecule has 12 heavy (non-hydrogen) atoms. The normalized spacial score (nSPS) is 19.1. The lowest BCUT2D eigenvalue weighted by molar-refractivity contribution is -0.120. The van der Waals surface area contributed by atoms with Gasteiger partial charge in [-0.05, 0) is 6.92 Å². The summed E-state index contributed by atoms with van der Waals surface area (Å²) in [7, 11) is 0. The standard InChI is InChI=1S/C8H15N2O2/c1-2-9-8(11)7-10-3-5-12-6-4-10/h7H,2-6H2,1H3,(H,9,11). The minimum Gasteiger partial charge on any atom is -0.379 e. The quantitative estimate of drug-likeness (QED) is 0.629. The molecule has 1 heterocycles. The number of hydrogen-bond donors (Lipinski definition) is 1. The van der Waals surface area contributed by atoms with Crippen LogP contribution in [0.5, 0.6) is 0 Å². The third-order valence-corrected chi connectivity index (χ3v) is 1.70. The summed E-state index contributed by atoms with van der Waals surface area (Å²) in [5, 5.41) is 2.72. The Morgan fingerprint density at radius 1 is 1.58 bits per heavy atom. The van der Waals surface area contributed by atoms with E-state index in [-0.39, 0.29) is 5.91 Å². The summed E-state index contributed by atoms with van der Waals surface area (Å²) in [5.74, 6) is -0.0144. The Balaban J connectivity index is 2.15.